The van der Waals surface area contributed by atoms with Crippen LogP contribution in [0, 0.1) is 5.82 Å². The summed E-state index contributed by atoms with van der Waals surface area (Å²) >= 11 is -3.16. The van der Waals surface area contributed by atoms with Crippen molar-refractivity contribution in [1.29, 1.82) is 0 Å². The molecule has 0 aromatic carbocycles. The van der Waals surface area contributed by atoms with Gasteiger partial charge in [-0.15, -0.1) is 0 Å². The van der Waals surface area contributed by atoms with E-state index in [-0.39, 0.29) is 11.4 Å². The van der Waals surface area contributed by atoms with Gasteiger partial charge in [-0.05, 0) is 0 Å². The van der Waals surface area contributed by atoms with Crippen molar-refractivity contribution in [3.63, 3.8) is 0 Å². The monoisotopic (exact) mass is 750 g/mol. The van der Waals surface area contributed by atoms with E-state index in [9.17, 15) is 0 Å². The second kappa shape index (κ2) is 19.7. The third-order valence-electron chi connectivity index (χ3n) is 10.4. The molecule has 3 aliphatic rings. The molecule has 9 heteroatoms. The molecular formula is C37H67FN6OSn. The number of aromatic nitrogens is 3. The van der Waals surface area contributed by atoms with Gasteiger partial charge in [-0.25, -0.2) is 0 Å². The normalized spacial score (nSPS) is 16.9. The Morgan fingerprint density at radius 1 is 0.848 bits per heavy atom. The zero-order valence-corrected chi connectivity index (χ0v) is 33.7. The average molecular weight is 750 g/mol. The van der Waals surface area contributed by atoms with Gasteiger partial charge in [0.2, 0.25) is 0 Å². The minimum absolute atomic E-state index is 0.0967. The van der Waals surface area contributed by atoms with Crippen LogP contribution in [-0.4, -0.2) is 89.6 Å². The Kier molecular flexibility index (Phi) is 16.7. The fraction of sp³-hybridized carbons (Fsp3) is 0.811. The summed E-state index contributed by atoms with van der Waals surface area (Å²) in [4.78, 5) is 20.1. The molecule has 0 atom stereocenters. The van der Waals surface area contributed by atoms with Gasteiger partial charge in [-0.2, -0.15) is 0 Å². The van der Waals surface area contributed by atoms with Gasteiger partial charge in [0.1, 0.15) is 0 Å². The number of fused-ring (bicyclic) bond motifs is 1. The Morgan fingerprint density at radius 2 is 1.46 bits per heavy atom. The van der Waals surface area contributed by atoms with Crippen molar-refractivity contribution in [3.05, 3.63) is 11.5 Å². The molecule has 0 radical (unpaired) electrons. The average Bonchev–Trinajstić information content (AvgIpc) is 3.69. The van der Waals surface area contributed by atoms with Gasteiger partial charge in [0.05, 0.1) is 0 Å². The van der Waals surface area contributed by atoms with E-state index >= 15 is 4.39 Å². The molecule has 7 nitrogen and oxygen atoms in total. The summed E-state index contributed by atoms with van der Waals surface area (Å²) in [6.45, 7) is 23.3. The number of halogens is 1. The fourth-order valence-electron chi connectivity index (χ4n) is 7.92. The zero-order valence-electron chi connectivity index (χ0n) is 30.9. The van der Waals surface area contributed by atoms with E-state index in [0.717, 1.165) is 98.4 Å². The van der Waals surface area contributed by atoms with E-state index in [4.69, 9.17) is 19.7 Å². The second-order valence-electron chi connectivity index (χ2n) is 13.2. The molecule has 0 spiro atoms. The Labute approximate surface area is 285 Å². The number of pyridine rings is 1. The molecule has 2 saturated heterocycles. The van der Waals surface area contributed by atoms with Crippen molar-refractivity contribution in [1.82, 2.24) is 25.2 Å². The number of ether oxygens (including phenoxy) is 1. The van der Waals surface area contributed by atoms with Gasteiger partial charge in [0.15, 0.2) is 0 Å². The number of likely N-dealkylation sites (N-methyl/N-ethyl adjacent to an activating group) is 1. The number of nitrogens with one attached hydrogen (secondary N) is 1. The SMILES string of the molecule is CC.CC.CCC[CH2][Sn]([CH2]CCC)([CH2]CCC)[c]1nc2c3c(nc(OCC45CCCN4CCC5)nc3c1F)N(CCNCC)CC2. The summed E-state index contributed by atoms with van der Waals surface area (Å²) in [5.74, 6) is 0.673. The zero-order chi connectivity index (χ0) is 33.6. The van der Waals surface area contributed by atoms with E-state index < -0.39 is 18.4 Å². The number of hydrogen-bond donors (Lipinski definition) is 1. The second-order valence-corrected chi connectivity index (χ2v) is 26.1. The summed E-state index contributed by atoms with van der Waals surface area (Å²) in [5, 5.41) is 4.28. The summed E-state index contributed by atoms with van der Waals surface area (Å²) in [6, 6.07) is 0.347. The molecule has 262 valence electrons. The molecule has 2 aromatic heterocycles. The molecule has 0 saturated carbocycles. The van der Waals surface area contributed by atoms with Crippen LogP contribution in [-0.2, 0) is 6.42 Å². The van der Waals surface area contributed by atoms with Gasteiger partial charge in [0, 0.05) is 0 Å². The summed E-state index contributed by atoms with van der Waals surface area (Å²) in [6.07, 6.45) is 12.6. The fourth-order valence-corrected chi connectivity index (χ4v) is 23.6. The summed E-state index contributed by atoms with van der Waals surface area (Å²) in [7, 11) is 0. The van der Waals surface area contributed by atoms with Gasteiger partial charge < -0.3 is 0 Å². The first-order valence-electron chi connectivity index (χ1n) is 19.2. The van der Waals surface area contributed by atoms with Crippen LogP contribution in [0.25, 0.3) is 10.9 Å². The predicted molar refractivity (Wildman–Crippen MR) is 197 cm³/mol. The first-order chi connectivity index (χ1) is 22.5. The van der Waals surface area contributed by atoms with Crippen molar-refractivity contribution >= 4 is 38.8 Å². The van der Waals surface area contributed by atoms with Crippen LogP contribution in [0.1, 0.15) is 125 Å². The maximum atomic E-state index is 17.1. The van der Waals surface area contributed by atoms with Crippen LogP contribution < -0.4 is 18.7 Å². The molecule has 46 heavy (non-hydrogen) atoms. The van der Waals surface area contributed by atoms with E-state index in [0.29, 0.717) is 18.1 Å². The van der Waals surface area contributed by atoms with E-state index in [1.807, 2.05) is 27.7 Å². The third-order valence-corrected chi connectivity index (χ3v) is 25.4. The van der Waals surface area contributed by atoms with Gasteiger partial charge in [-0.3, -0.25) is 0 Å². The quantitative estimate of drug-likeness (QED) is 0.129. The number of hydrogen-bond acceptors (Lipinski definition) is 7. The van der Waals surface area contributed by atoms with Gasteiger partial charge in [0.25, 0.3) is 0 Å². The van der Waals surface area contributed by atoms with E-state index in [1.165, 1.54) is 45.4 Å². The Balaban J connectivity index is 0.00000139. The number of anilines is 1. The first kappa shape index (κ1) is 39.2. The number of rotatable bonds is 17. The molecular weight excluding hydrogens is 682 g/mol. The van der Waals surface area contributed by atoms with Crippen LogP contribution in [0.15, 0.2) is 0 Å². The van der Waals surface area contributed by atoms with Crippen LogP contribution >= 0.6 is 0 Å². The maximum absolute atomic E-state index is 17.1. The Bertz CT molecular complexity index is 1160. The van der Waals surface area contributed by atoms with Crippen LogP contribution in [0.3, 0.4) is 0 Å². The Morgan fingerprint density at radius 3 is 2.02 bits per heavy atom. The molecule has 0 bridgehead atoms. The molecule has 2 aromatic rings. The first-order valence-corrected chi connectivity index (χ1v) is 26.7. The van der Waals surface area contributed by atoms with Crippen LogP contribution in [0.4, 0.5) is 10.2 Å². The van der Waals surface area contributed by atoms with E-state index in [2.05, 4.69) is 42.8 Å². The molecule has 1 N–H and O–H groups in total. The molecule has 5 heterocycles. The van der Waals surface area contributed by atoms with Crippen molar-refractivity contribution in [3.8, 4) is 6.01 Å². The van der Waals surface area contributed by atoms with Crippen molar-refractivity contribution in [2.45, 2.75) is 145 Å². The van der Waals surface area contributed by atoms with Crippen LogP contribution in [0.5, 0.6) is 6.01 Å². The van der Waals surface area contributed by atoms with E-state index in [1.54, 1.807) is 0 Å². The Hall–Kier alpha value is -1.26. The summed E-state index contributed by atoms with van der Waals surface area (Å²) in [5.41, 5.74) is 1.59. The third kappa shape index (κ3) is 8.85. The summed E-state index contributed by atoms with van der Waals surface area (Å²) < 4.78 is 28.1. The molecule has 0 aliphatic carbocycles. The van der Waals surface area contributed by atoms with Crippen molar-refractivity contribution in [2.24, 2.45) is 0 Å². The molecule has 5 rings (SSSR count). The van der Waals surface area contributed by atoms with Crippen LogP contribution in [0.2, 0.25) is 13.3 Å². The number of nitrogens with zero attached hydrogens (tertiary/aromatic N) is 5. The van der Waals surface area contributed by atoms with Crippen molar-refractivity contribution in [2.75, 3.05) is 50.8 Å². The molecule has 0 amide bonds. The minimum atomic E-state index is -3.16. The van der Waals surface area contributed by atoms with Crippen molar-refractivity contribution < 1.29 is 9.13 Å². The standard InChI is InChI=1S/C21H28FN6O.3C4H9.2C2H6.Sn/c1-2-23-8-12-27-11-5-16-17-18(15(22)13-24-16)25-20(26-19(17)27)29-14-21-6-3-9-28(21)10-4-7-21;3*1-3-4-2;2*1-2;/h23H,2-12,14H2,1H3;3*1,3-4H2,2H3;2*1-2H3;. The molecule has 2 fully saturated rings. The van der Waals surface area contributed by atoms with Gasteiger partial charge >= 0.3 is 259 Å². The predicted octanol–water partition coefficient (Wildman–Crippen LogP) is 8.25. The molecule has 3 aliphatic heterocycles. The topological polar surface area (TPSA) is 66.4 Å². The number of unbranched alkanes of at least 4 members (excludes halogenated alkanes) is 3. The van der Waals surface area contributed by atoms with Gasteiger partial charge in [-0.1, -0.05) is 27.7 Å². The molecule has 0 unspecified atom stereocenters.